The molecule has 4 rings (SSSR count). The second-order valence-electron chi connectivity index (χ2n) is 7.08. The molecule has 1 aromatic carbocycles. The predicted octanol–water partition coefficient (Wildman–Crippen LogP) is 3.04. The van der Waals surface area contributed by atoms with Gasteiger partial charge in [0, 0.05) is 37.2 Å². The molecule has 140 valence electrons. The molecule has 1 aliphatic rings. The molecule has 0 spiro atoms. The van der Waals surface area contributed by atoms with Gasteiger partial charge >= 0.3 is 0 Å². The Labute approximate surface area is 158 Å². The van der Waals surface area contributed by atoms with Gasteiger partial charge < -0.3 is 4.90 Å². The van der Waals surface area contributed by atoms with Crippen LogP contribution in [0.3, 0.4) is 0 Å². The van der Waals surface area contributed by atoms with Gasteiger partial charge in [0.05, 0.1) is 22.8 Å². The van der Waals surface area contributed by atoms with E-state index < -0.39 is 0 Å². The molecular weight excluding hydrogens is 340 g/mol. The van der Waals surface area contributed by atoms with E-state index >= 15 is 0 Å². The maximum atomic E-state index is 12.9. The smallest absolute Gasteiger partial charge is 0.253 e. The number of rotatable bonds is 5. The van der Waals surface area contributed by atoms with Crippen LogP contribution in [0.15, 0.2) is 36.8 Å². The molecule has 2 aromatic heterocycles. The van der Waals surface area contributed by atoms with Crippen LogP contribution in [0.2, 0.25) is 0 Å². The number of hydrogen-bond donors (Lipinski definition) is 0. The van der Waals surface area contributed by atoms with Crippen LogP contribution < -0.4 is 0 Å². The van der Waals surface area contributed by atoms with E-state index in [1.165, 1.54) is 0 Å². The highest BCUT2D eigenvalue weighted by molar-refractivity contribution is 5.97. The van der Waals surface area contributed by atoms with Crippen molar-refractivity contribution >= 4 is 16.9 Å². The summed E-state index contributed by atoms with van der Waals surface area (Å²) < 4.78 is 1.98. The summed E-state index contributed by atoms with van der Waals surface area (Å²) in [6, 6.07) is 5.84. The number of unbranched alkanes of at least 4 members (excludes halogenated alkanes) is 1. The number of fused-ring (bicyclic) bond motifs is 1. The van der Waals surface area contributed by atoms with E-state index in [1.807, 2.05) is 27.8 Å². The van der Waals surface area contributed by atoms with Gasteiger partial charge in [0.25, 0.3) is 5.91 Å². The molecule has 0 saturated carbocycles. The largest absolute Gasteiger partial charge is 0.338 e. The number of nitrogens with zero attached hydrogens (tertiary/aromatic N) is 6. The number of carbonyl (C=O) groups excluding carboxylic acids is 1. The highest BCUT2D eigenvalue weighted by atomic mass is 16.2. The van der Waals surface area contributed by atoms with E-state index in [0.717, 1.165) is 61.9 Å². The van der Waals surface area contributed by atoms with Gasteiger partial charge in [-0.15, -0.1) is 5.10 Å². The summed E-state index contributed by atoms with van der Waals surface area (Å²) >= 11 is 0. The Kier molecular flexibility index (Phi) is 5.09. The lowest BCUT2D eigenvalue weighted by Gasteiger charge is -2.32. The summed E-state index contributed by atoms with van der Waals surface area (Å²) in [6.45, 7) is 3.64. The van der Waals surface area contributed by atoms with E-state index in [-0.39, 0.29) is 5.91 Å². The first-order chi connectivity index (χ1) is 13.2. The van der Waals surface area contributed by atoms with Crippen LogP contribution in [0.5, 0.6) is 0 Å². The first kappa shape index (κ1) is 17.6. The normalized spacial score (nSPS) is 15.4. The second kappa shape index (κ2) is 7.82. The van der Waals surface area contributed by atoms with E-state index in [2.05, 4.69) is 33.4 Å². The molecule has 0 aliphatic carbocycles. The zero-order valence-electron chi connectivity index (χ0n) is 15.6. The van der Waals surface area contributed by atoms with Crippen molar-refractivity contribution in [1.29, 1.82) is 0 Å². The summed E-state index contributed by atoms with van der Waals surface area (Å²) in [6.07, 6.45) is 10.5. The van der Waals surface area contributed by atoms with Crippen molar-refractivity contribution in [2.75, 3.05) is 13.1 Å². The average molecular weight is 364 g/mol. The summed E-state index contributed by atoms with van der Waals surface area (Å²) in [5.41, 5.74) is 3.29. The molecule has 7 heteroatoms. The Morgan fingerprint density at radius 3 is 2.70 bits per heavy atom. The van der Waals surface area contributed by atoms with Gasteiger partial charge in [-0.2, -0.15) is 0 Å². The number of aromatic nitrogens is 5. The zero-order valence-corrected chi connectivity index (χ0v) is 15.6. The van der Waals surface area contributed by atoms with Crippen LogP contribution in [-0.2, 0) is 6.42 Å². The Balaban J connectivity index is 1.39. The fraction of sp³-hybridized carbons (Fsp3) is 0.450. The number of benzene rings is 1. The summed E-state index contributed by atoms with van der Waals surface area (Å²) in [7, 11) is 0. The van der Waals surface area contributed by atoms with Crippen molar-refractivity contribution < 1.29 is 4.79 Å². The van der Waals surface area contributed by atoms with Crippen molar-refractivity contribution in [3.05, 3.63) is 48.0 Å². The van der Waals surface area contributed by atoms with Gasteiger partial charge in [-0.1, -0.05) is 18.6 Å². The molecule has 0 bridgehead atoms. The quantitative estimate of drug-likeness (QED) is 0.695. The van der Waals surface area contributed by atoms with Crippen molar-refractivity contribution in [2.45, 2.75) is 45.1 Å². The molecule has 1 amide bonds. The van der Waals surface area contributed by atoms with E-state index in [0.29, 0.717) is 11.6 Å². The van der Waals surface area contributed by atoms with E-state index in [4.69, 9.17) is 0 Å². The van der Waals surface area contributed by atoms with Gasteiger partial charge in [-0.3, -0.25) is 14.8 Å². The van der Waals surface area contributed by atoms with Crippen LogP contribution >= 0.6 is 0 Å². The number of hydrogen-bond acceptors (Lipinski definition) is 5. The molecule has 0 atom stereocenters. The molecule has 3 heterocycles. The van der Waals surface area contributed by atoms with Crippen LogP contribution in [0.1, 0.15) is 54.7 Å². The van der Waals surface area contributed by atoms with Crippen LogP contribution in [0, 0.1) is 0 Å². The Bertz CT molecular complexity index is 929. The predicted molar refractivity (Wildman–Crippen MR) is 102 cm³/mol. The van der Waals surface area contributed by atoms with Crippen molar-refractivity contribution in [1.82, 2.24) is 29.9 Å². The molecule has 1 aliphatic heterocycles. The third-order valence-electron chi connectivity index (χ3n) is 5.19. The minimum atomic E-state index is 0.0585. The van der Waals surface area contributed by atoms with Gasteiger partial charge in [-0.05, 0) is 43.9 Å². The Hall–Kier alpha value is -2.83. The molecule has 1 fully saturated rings. The monoisotopic (exact) mass is 364 g/mol. The molecule has 27 heavy (non-hydrogen) atoms. The van der Waals surface area contributed by atoms with Crippen LogP contribution in [0.4, 0.5) is 0 Å². The number of piperidine rings is 1. The molecule has 3 aromatic rings. The van der Waals surface area contributed by atoms with Crippen LogP contribution in [0.25, 0.3) is 11.0 Å². The van der Waals surface area contributed by atoms with Gasteiger partial charge in [-0.25, -0.2) is 4.68 Å². The number of likely N-dealkylation sites (tertiary alicyclic amines) is 1. The first-order valence-corrected chi connectivity index (χ1v) is 9.65. The SMILES string of the molecule is CCCCc1cn(C2CCN(C(=O)c3ccc4nccnc4c3)CC2)nn1. The minimum absolute atomic E-state index is 0.0585. The summed E-state index contributed by atoms with van der Waals surface area (Å²) in [5.74, 6) is 0.0585. The van der Waals surface area contributed by atoms with E-state index in [1.54, 1.807) is 12.4 Å². The van der Waals surface area contributed by atoms with Gasteiger partial charge in [0.1, 0.15) is 0 Å². The fourth-order valence-electron chi connectivity index (χ4n) is 3.58. The molecule has 0 N–H and O–H groups in total. The lowest BCUT2D eigenvalue weighted by atomic mass is 10.0. The number of aryl methyl sites for hydroxylation is 1. The maximum Gasteiger partial charge on any atom is 0.253 e. The van der Waals surface area contributed by atoms with Crippen molar-refractivity contribution in [2.24, 2.45) is 0 Å². The molecule has 7 nitrogen and oxygen atoms in total. The fourth-order valence-corrected chi connectivity index (χ4v) is 3.58. The molecule has 1 saturated heterocycles. The third kappa shape index (κ3) is 3.82. The van der Waals surface area contributed by atoms with Crippen molar-refractivity contribution in [3.8, 4) is 0 Å². The van der Waals surface area contributed by atoms with E-state index in [9.17, 15) is 4.79 Å². The molecule has 0 unspecified atom stereocenters. The third-order valence-corrected chi connectivity index (χ3v) is 5.19. The first-order valence-electron chi connectivity index (χ1n) is 9.65. The van der Waals surface area contributed by atoms with Crippen molar-refractivity contribution in [3.63, 3.8) is 0 Å². The summed E-state index contributed by atoms with van der Waals surface area (Å²) in [4.78, 5) is 23.3. The van der Waals surface area contributed by atoms with Crippen LogP contribution in [-0.4, -0.2) is 48.9 Å². The summed E-state index contributed by atoms with van der Waals surface area (Å²) in [5, 5.41) is 8.58. The highest BCUT2D eigenvalue weighted by Crippen LogP contribution is 2.23. The van der Waals surface area contributed by atoms with Gasteiger partial charge in [0.2, 0.25) is 0 Å². The maximum absolute atomic E-state index is 12.9. The highest BCUT2D eigenvalue weighted by Gasteiger charge is 2.25. The zero-order chi connectivity index (χ0) is 18.6. The average Bonchev–Trinajstić information content (AvgIpc) is 3.20. The van der Waals surface area contributed by atoms with Gasteiger partial charge in [0.15, 0.2) is 0 Å². The Morgan fingerprint density at radius 1 is 1.15 bits per heavy atom. The number of carbonyl (C=O) groups is 1. The number of amides is 1. The minimum Gasteiger partial charge on any atom is -0.338 e. The molecular formula is C20H24N6O. The Morgan fingerprint density at radius 2 is 1.93 bits per heavy atom. The second-order valence-corrected chi connectivity index (χ2v) is 7.08. The topological polar surface area (TPSA) is 76.8 Å². The standard InChI is InChI=1S/C20H24N6O/c1-2-3-4-16-14-26(24-23-16)17-7-11-25(12-8-17)20(27)15-5-6-18-19(13-15)22-10-9-21-18/h5-6,9-10,13-14,17H,2-4,7-8,11-12H2,1H3. The molecule has 0 radical (unpaired) electrons. The lowest BCUT2D eigenvalue weighted by Crippen LogP contribution is -2.39. The lowest BCUT2D eigenvalue weighted by molar-refractivity contribution is 0.0689.